The fourth-order valence-electron chi connectivity index (χ4n) is 10.2. The molecule has 0 unspecified atom stereocenters. The van der Waals surface area contributed by atoms with Crippen LogP contribution in [-0.2, 0) is 0 Å². The van der Waals surface area contributed by atoms with Crippen molar-refractivity contribution in [2.75, 3.05) is 0 Å². The van der Waals surface area contributed by atoms with Gasteiger partial charge in [-0.25, -0.2) is 15.0 Å². The number of aromatic nitrogens is 3. The van der Waals surface area contributed by atoms with Crippen molar-refractivity contribution in [2.24, 2.45) is 0 Å². The summed E-state index contributed by atoms with van der Waals surface area (Å²) in [6.07, 6.45) is 0. The van der Waals surface area contributed by atoms with Gasteiger partial charge in [0, 0.05) is 33.2 Å². The first-order valence-electron chi connectivity index (χ1n) is 24.0. The second-order valence-corrected chi connectivity index (χ2v) is 18.5. The Morgan fingerprint density at radius 2 is 0.549 bits per heavy atom. The first kappa shape index (κ1) is 40.5. The van der Waals surface area contributed by atoms with E-state index in [1.165, 1.54) is 43.1 Å². The highest BCUT2D eigenvalue weighted by atomic mass is 16.3. The summed E-state index contributed by atoms with van der Waals surface area (Å²) in [5.74, 6) is 0.552. The number of fused-ring (bicyclic) bond motifs is 7. The predicted octanol–water partition coefficient (Wildman–Crippen LogP) is 18.1. The highest BCUT2D eigenvalue weighted by Crippen LogP contribution is 2.40. The van der Waals surface area contributed by atoms with Gasteiger partial charge in [0.25, 0.3) is 0 Å². The van der Waals surface area contributed by atoms with E-state index in [9.17, 15) is 0 Å². The van der Waals surface area contributed by atoms with Gasteiger partial charge in [0.1, 0.15) is 5.52 Å². The minimum Gasteiger partial charge on any atom is -0.436 e. The molecule has 0 aliphatic heterocycles. The first-order valence-corrected chi connectivity index (χ1v) is 24.0. The van der Waals surface area contributed by atoms with Gasteiger partial charge in [0.15, 0.2) is 5.58 Å². The normalized spacial score (nSPS) is 11.7. The number of pyridine rings is 2. The molecule has 0 N–H and O–H groups in total. The summed E-state index contributed by atoms with van der Waals surface area (Å²) in [5, 5.41) is 11.6. The van der Waals surface area contributed by atoms with E-state index in [1.54, 1.807) is 0 Å². The topological polar surface area (TPSA) is 51.8 Å². The maximum atomic E-state index is 6.74. The fraction of sp³-hybridized carbons (Fsp3) is 0. The van der Waals surface area contributed by atoms with Crippen molar-refractivity contribution in [2.45, 2.75) is 0 Å². The van der Waals surface area contributed by atoms with Gasteiger partial charge in [-0.15, -0.1) is 0 Å². The second kappa shape index (κ2) is 16.6. The van der Waals surface area contributed by atoms with Crippen LogP contribution in [0.5, 0.6) is 0 Å². The zero-order valence-corrected chi connectivity index (χ0v) is 38.4. The summed E-state index contributed by atoms with van der Waals surface area (Å²) in [4.78, 5) is 16.1. The van der Waals surface area contributed by atoms with Crippen LogP contribution in [-0.4, -0.2) is 15.0 Å². The number of benzene rings is 11. The molecule has 14 rings (SSSR count). The van der Waals surface area contributed by atoms with E-state index < -0.39 is 0 Å². The number of rotatable bonds is 7. The average molecular weight is 904 g/mol. The molecule has 14 aromatic rings. The monoisotopic (exact) mass is 903 g/mol. The van der Waals surface area contributed by atoms with Gasteiger partial charge in [-0.05, 0) is 144 Å². The Balaban J connectivity index is 1.02. The zero-order chi connectivity index (χ0) is 46.8. The van der Waals surface area contributed by atoms with E-state index in [0.717, 1.165) is 94.7 Å². The molecule has 0 fully saturated rings. The molecular formula is C67H41N3O. The third-order valence-corrected chi connectivity index (χ3v) is 14.0. The zero-order valence-electron chi connectivity index (χ0n) is 38.4. The molecule has 4 heteroatoms. The number of hydrogen-bond acceptors (Lipinski definition) is 4. The van der Waals surface area contributed by atoms with Crippen molar-refractivity contribution in [3.63, 3.8) is 0 Å². The molecule has 330 valence electrons. The number of hydrogen-bond donors (Lipinski definition) is 0. The van der Waals surface area contributed by atoms with Crippen LogP contribution in [0.25, 0.3) is 144 Å². The van der Waals surface area contributed by atoms with Crippen molar-refractivity contribution in [1.82, 2.24) is 15.0 Å². The molecule has 3 heterocycles. The van der Waals surface area contributed by atoms with Crippen LogP contribution in [0.4, 0.5) is 0 Å². The summed E-state index contributed by atoms with van der Waals surface area (Å²) in [6.45, 7) is 0. The van der Waals surface area contributed by atoms with Crippen LogP contribution in [0.1, 0.15) is 0 Å². The molecular weight excluding hydrogens is 863 g/mol. The van der Waals surface area contributed by atoms with Gasteiger partial charge in [0.2, 0.25) is 5.89 Å². The Morgan fingerprint density at radius 1 is 0.225 bits per heavy atom. The fourth-order valence-corrected chi connectivity index (χ4v) is 10.2. The Kier molecular flexibility index (Phi) is 9.49. The maximum Gasteiger partial charge on any atom is 0.227 e. The van der Waals surface area contributed by atoms with E-state index in [-0.39, 0.29) is 0 Å². The Morgan fingerprint density at radius 3 is 0.958 bits per heavy atom. The lowest BCUT2D eigenvalue weighted by atomic mass is 9.92. The quantitative estimate of drug-likeness (QED) is 0.160. The molecule has 0 saturated carbocycles. The van der Waals surface area contributed by atoms with Gasteiger partial charge in [-0.3, -0.25) is 0 Å². The van der Waals surface area contributed by atoms with Gasteiger partial charge < -0.3 is 4.42 Å². The van der Waals surface area contributed by atoms with Crippen LogP contribution in [0.15, 0.2) is 253 Å². The molecule has 0 bridgehead atoms. The van der Waals surface area contributed by atoms with Gasteiger partial charge in [-0.2, -0.15) is 0 Å². The Hall–Kier alpha value is -9.51. The minimum absolute atomic E-state index is 0.552. The van der Waals surface area contributed by atoms with Crippen LogP contribution < -0.4 is 0 Å². The molecule has 71 heavy (non-hydrogen) atoms. The van der Waals surface area contributed by atoms with Crippen molar-refractivity contribution in [3.8, 4) is 78.7 Å². The third-order valence-electron chi connectivity index (χ3n) is 14.0. The summed E-state index contributed by atoms with van der Waals surface area (Å²) in [7, 11) is 0. The number of oxazole rings is 1. The Bertz CT molecular complexity index is 4010. The molecule has 0 aliphatic rings. The van der Waals surface area contributed by atoms with Crippen LogP contribution in [0.3, 0.4) is 0 Å². The van der Waals surface area contributed by atoms with Crippen molar-refractivity contribution in [1.29, 1.82) is 0 Å². The molecule has 4 nitrogen and oxygen atoms in total. The summed E-state index contributed by atoms with van der Waals surface area (Å²) < 4.78 is 6.74. The Labute approximate surface area is 409 Å². The molecule has 0 spiro atoms. The smallest absolute Gasteiger partial charge is 0.227 e. The van der Waals surface area contributed by atoms with Crippen molar-refractivity contribution >= 4 is 65.0 Å². The van der Waals surface area contributed by atoms with Crippen molar-refractivity contribution in [3.05, 3.63) is 249 Å². The molecule has 0 radical (unpaired) electrons. The predicted molar refractivity (Wildman–Crippen MR) is 295 cm³/mol. The van der Waals surface area contributed by atoms with Gasteiger partial charge in [0.05, 0.1) is 22.8 Å². The second-order valence-electron chi connectivity index (χ2n) is 18.5. The summed E-state index contributed by atoms with van der Waals surface area (Å²) >= 11 is 0. The molecule has 11 aromatic carbocycles. The summed E-state index contributed by atoms with van der Waals surface area (Å²) in [6, 6.07) is 88.6. The van der Waals surface area contributed by atoms with Crippen LogP contribution in [0.2, 0.25) is 0 Å². The summed E-state index contributed by atoms with van der Waals surface area (Å²) in [5.41, 5.74) is 14.2. The number of nitrogens with zero attached hydrogens (tertiary/aromatic N) is 3. The van der Waals surface area contributed by atoms with Crippen molar-refractivity contribution < 1.29 is 4.42 Å². The van der Waals surface area contributed by atoms with Gasteiger partial charge >= 0.3 is 0 Å². The minimum atomic E-state index is 0.552. The lowest BCUT2D eigenvalue weighted by Crippen LogP contribution is -1.94. The van der Waals surface area contributed by atoms with Crippen LogP contribution >= 0.6 is 0 Å². The van der Waals surface area contributed by atoms with E-state index in [0.29, 0.717) is 5.89 Å². The highest BCUT2D eigenvalue weighted by molar-refractivity contribution is 6.04. The lowest BCUT2D eigenvalue weighted by Gasteiger charge is -2.15. The van der Waals surface area contributed by atoms with E-state index in [4.69, 9.17) is 19.4 Å². The maximum absolute atomic E-state index is 6.74. The van der Waals surface area contributed by atoms with E-state index in [2.05, 4.69) is 243 Å². The van der Waals surface area contributed by atoms with E-state index >= 15 is 0 Å². The largest absolute Gasteiger partial charge is 0.436 e. The lowest BCUT2D eigenvalue weighted by molar-refractivity contribution is 0.620. The van der Waals surface area contributed by atoms with Crippen LogP contribution in [0, 0.1) is 0 Å². The molecule has 0 atom stereocenters. The van der Waals surface area contributed by atoms with E-state index in [1.807, 2.05) is 6.07 Å². The molecule has 0 amide bonds. The molecule has 3 aromatic heterocycles. The average Bonchev–Trinajstić information content (AvgIpc) is 3.90. The first-order chi connectivity index (χ1) is 35.1. The van der Waals surface area contributed by atoms with Gasteiger partial charge in [-0.1, -0.05) is 176 Å². The highest BCUT2D eigenvalue weighted by Gasteiger charge is 2.19. The molecule has 0 aliphatic carbocycles. The molecule has 0 saturated heterocycles. The SMILES string of the molecule is c1ccc2cc(-c3cc(-c4cc(-c5cc(-c6ccc7ccccc7c6)nc(-c6ccc7ccccc7c6)c5)cc(-c5nc6c(ccc7ccccc76)o5)c4)cc(-c4ccc5ccccc5c4)n3)ccc2c1. The third kappa shape index (κ3) is 7.47. The standard InChI is InChI=1S/C67H41N3O/c1-5-16-47-31-51(25-21-42(47)11-1)61-38-57(39-62(68-61)52-26-22-43-12-2-6-17-48(43)32-52)55-35-56(37-59(36-55)67-70-66-60-20-10-9-15-46(60)29-30-65(66)71-67)58-40-63(53-27-23-44-13-3-7-18-49(44)33-53)69-64(41-58)54-28-24-45-14-4-8-19-50(45)34-54/h1-41H.